The Labute approximate surface area is 129 Å². The van der Waals surface area contributed by atoms with Crippen LogP contribution in [0, 0.1) is 5.92 Å². The predicted molar refractivity (Wildman–Crippen MR) is 88.7 cm³/mol. The Kier molecular flexibility index (Phi) is 3.22. The zero-order valence-corrected chi connectivity index (χ0v) is 14.9. The number of hydrogen-bond donors (Lipinski definition) is 1. The van der Waals surface area contributed by atoms with Gasteiger partial charge in [-0.2, -0.15) is 0 Å². The first-order valence-corrected chi connectivity index (χ1v) is 11.0. The van der Waals surface area contributed by atoms with Crippen LogP contribution in [0.3, 0.4) is 0 Å². The number of benzene rings is 1. The Balaban J connectivity index is 1.95. The van der Waals surface area contributed by atoms with E-state index in [1.165, 1.54) is 0 Å². The van der Waals surface area contributed by atoms with Crippen molar-refractivity contribution in [1.82, 2.24) is 0 Å². The maximum Gasteiger partial charge on any atom is 0.193 e. The summed E-state index contributed by atoms with van der Waals surface area (Å²) in [5, 5.41) is 11.6. The van der Waals surface area contributed by atoms with Crippen LogP contribution in [-0.4, -0.2) is 19.0 Å². The molecule has 0 aromatic heterocycles. The molecule has 0 bridgehead atoms. The molecule has 0 aliphatic heterocycles. The van der Waals surface area contributed by atoms with Crippen LogP contribution in [0.2, 0.25) is 18.1 Å². The summed E-state index contributed by atoms with van der Waals surface area (Å²) >= 11 is 0. The first-order valence-electron chi connectivity index (χ1n) is 8.10. The average Bonchev–Trinajstić information content (AvgIpc) is 3.03. The largest absolute Gasteiger partial charge is 0.408 e. The molecule has 3 atom stereocenters. The summed E-state index contributed by atoms with van der Waals surface area (Å²) in [4.78, 5) is 0. The molecule has 3 unspecified atom stereocenters. The molecule has 2 fully saturated rings. The highest BCUT2D eigenvalue weighted by atomic mass is 28.4. The van der Waals surface area contributed by atoms with E-state index in [-0.39, 0.29) is 10.6 Å². The van der Waals surface area contributed by atoms with Gasteiger partial charge < -0.3 is 9.53 Å². The summed E-state index contributed by atoms with van der Waals surface area (Å²) in [5.74, 6) is 0.539. The fraction of sp³-hybridized carbons (Fsp3) is 0.667. The molecule has 0 spiro atoms. The van der Waals surface area contributed by atoms with E-state index in [9.17, 15) is 5.11 Å². The summed E-state index contributed by atoms with van der Waals surface area (Å²) in [7, 11) is -1.88. The van der Waals surface area contributed by atoms with Gasteiger partial charge in [-0.1, -0.05) is 51.1 Å². The zero-order valence-electron chi connectivity index (χ0n) is 13.9. The van der Waals surface area contributed by atoms with Crippen LogP contribution in [0.5, 0.6) is 0 Å². The van der Waals surface area contributed by atoms with Crippen molar-refractivity contribution in [2.24, 2.45) is 5.92 Å². The second-order valence-corrected chi connectivity index (χ2v) is 13.1. The standard InChI is InChI=1S/C18H28O2Si/c1-16(2,3)21(4,5)20-18-13-15(18)11-12-17(18,19)14-9-7-6-8-10-14/h6-10,15,19H,11-13H2,1-5H3. The molecule has 1 aromatic rings. The van der Waals surface area contributed by atoms with Gasteiger partial charge in [0.15, 0.2) is 8.32 Å². The molecule has 2 aliphatic carbocycles. The van der Waals surface area contributed by atoms with Crippen molar-refractivity contribution in [3.63, 3.8) is 0 Å². The highest BCUT2D eigenvalue weighted by Gasteiger charge is 2.73. The molecule has 3 heteroatoms. The second kappa shape index (κ2) is 4.43. The summed E-state index contributed by atoms with van der Waals surface area (Å²) in [6.07, 6.45) is 2.93. The van der Waals surface area contributed by atoms with Gasteiger partial charge in [0.1, 0.15) is 5.60 Å². The third-order valence-electron chi connectivity index (χ3n) is 6.10. The van der Waals surface area contributed by atoms with E-state index < -0.39 is 13.9 Å². The Morgan fingerprint density at radius 3 is 2.33 bits per heavy atom. The molecular formula is C18H28O2Si. The van der Waals surface area contributed by atoms with Crippen molar-refractivity contribution in [1.29, 1.82) is 0 Å². The van der Waals surface area contributed by atoms with Gasteiger partial charge in [0.25, 0.3) is 0 Å². The molecular weight excluding hydrogens is 276 g/mol. The van der Waals surface area contributed by atoms with Gasteiger partial charge in [-0.3, -0.25) is 0 Å². The minimum atomic E-state index is -1.88. The first-order chi connectivity index (χ1) is 9.62. The number of hydrogen-bond acceptors (Lipinski definition) is 2. The van der Waals surface area contributed by atoms with E-state index in [4.69, 9.17) is 4.43 Å². The molecule has 3 rings (SSSR count). The van der Waals surface area contributed by atoms with Crippen molar-refractivity contribution in [3.05, 3.63) is 35.9 Å². The van der Waals surface area contributed by atoms with E-state index in [1.54, 1.807) is 0 Å². The topological polar surface area (TPSA) is 29.5 Å². The van der Waals surface area contributed by atoms with E-state index >= 15 is 0 Å². The van der Waals surface area contributed by atoms with Crippen LogP contribution in [0.25, 0.3) is 0 Å². The SMILES string of the molecule is CC(C)(C)[Si](C)(C)OC12CC1CCC2(O)c1ccccc1. The van der Waals surface area contributed by atoms with Gasteiger partial charge in [-0.15, -0.1) is 0 Å². The van der Waals surface area contributed by atoms with Crippen LogP contribution in [0.15, 0.2) is 30.3 Å². The fourth-order valence-electron chi connectivity index (χ4n) is 3.66. The Bertz CT molecular complexity index is 534. The van der Waals surface area contributed by atoms with Gasteiger partial charge in [-0.05, 0) is 48.9 Å². The molecule has 0 saturated heterocycles. The number of aliphatic hydroxyl groups is 1. The molecule has 21 heavy (non-hydrogen) atoms. The monoisotopic (exact) mass is 304 g/mol. The quantitative estimate of drug-likeness (QED) is 0.836. The molecule has 0 amide bonds. The average molecular weight is 305 g/mol. The summed E-state index contributed by atoms with van der Waals surface area (Å²) in [6, 6.07) is 10.1. The van der Waals surface area contributed by atoms with Gasteiger partial charge >= 0.3 is 0 Å². The molecule has 0 radical (unpaired) electrons. The van der Waals surface area contributed by atoms with Gasteiger partial charge in [-0.25, -0.2) is 0 Å². The third kappa shape index (κ3) is 2.13. The van der Waals surface area contributed by atoms with Gasteiger partial charge in [0, 0.05) is 0 Å². The molecule has 116 valence electrons. The van der Waals surface area contributed by atoms with Crippen LogP contribution >= 0.6 is 0 Å². The van der Waals surface area contributed by atoms with E-state index in [2.05, 4.69) is 46.0 Å². The molecule has 1 aromatic carbocycles. The van der Waals surface area contributed by atoms with Crippen molar-refractivity contribution in [2.75, 3.05) is 0 Å². The molecule has 2 saturated carbocycles. The normalized spacial score (nSPS) is 35.6. The van der Waals surface area contributed by atoms with Crippen molar-refractivity contribution in [3.8, 4) is 0 Å². The van der Waals surface area contributed by atoms with Crippen molar-refractivity contribution < 1.29 is 9.53 Å². The Hall–Kier alpha value is -0.643. The minimum Gasteiger partial charge on any atom is -0.408 e. The first kappa shape index (κ1) is 15.3. The Morgan fingerprint density at radius 2 is 1.81 bits per heavy atom. The minimum absolute atomic E-state index is 0.176. The van der Waals surface area contributed by atoms with E-state index in [1.807, 2.05) is 18.2 Å². The Morgan fingerprint density at radius 1 is 1.19 bits per heavy atom. The summed E-state index contributed by atoms with van der Waals surface area (Å²) in [5.41, 5.74) is -0.0880. The fourth-order valence-corrected chi connectivity index (χ4v) is 5.30. The predicted octanol–water partition coefficient (Wildman–Crippen LogP) is 4.45. The van der Waals surface area contributed by atoms with E-state index in [0.717, 1.165) is 24.8 Å². The smallest absolute Gasteiger partial charge is 0.193 e. The van der Waals surface area contributed by atoms with Crippen LogP contribution < -0.4 is 0 Å². The summed E-state index contributed by atoms with van der Waals surface area (Å²) < 4.78 is 6.78. The van der Waals surface area contributed by atoms with E-state index in [0.29, 0.717) is 5.92 Å². The van der Waals surface area contributed by atoms with Crippen LogP contribution in [-0.2, 0) is 10.0 Å². The second-order valence-electron chi connectivity index (χ2n) is 8.42. The van der Waals surface area contributed by atoms with Gasteiger partial charge in [0.05, 0.1) is 5.60 Å². The molecule has 0 heterocycles. The molecule has 2 aliphatic rings. The lowest BCUT2D eigenvalue weighted by molar-refractivity contribution is -0.0811. The highest BCUT2D eigenvalue weighted by Crippen LogP contribution is 2.68. The lowest BCUT2D eigenvalue weighted by Gasteiger charge is -2.44. The van der Waals surface area contributed by atoms with Crippen LogP contribution in [0.1, 0.15) is 45.6 Å². The van der Waals surface area contributed by atoms with Gasteiger partial charge in [0.2, 0.25) is 0 Å². The molecule has 1 N–H and O–H groups in total. The number of rotatable bonds is 3. The highest BCUT2D eigenvalue weighted by molar-refractivity contribution is 6.74. The lowest BCUT2D eigenvalue weighted by Crippen LogP contribution is -2.52. The summed E-state index contributed by atoms with van der Waals surface area (Å²) in [6.45, 7) is 11.4. The third-order valence-corrected chi connectivity index (χ3v) is 10.6. The lowest BCUT2D eigenvalue weighted by atomic mass is 9.86. The van der Waals surface area contributed by atoms with Crippen molar-refractivity contribution >= 4 is 8.32 Å². The maximum atomic E-state index is 11.4. The molecule has 2 nitrogen and oxygen atoms in total. The zero-order chi connectivity index (χ0) is 15.5. The maximum absolute atomic E-state index is 11.4. The number of fused-ring (bicyclic) bond motifs is 1. The van der Waals surface area contributed by atoms with Crippen LogP contribution in [0.4, 0.5) is 0 Å². The van der Waals surface area contributed by atoms with Crippen molar-refractivity contribution in [2.45, 2.75) is 69.4 Å².